The van der Waals surface area contributed by atoms with Crippen molar-refractivity contribution in [2.24, 2.45) is 0 Å². The number of nitrogens with one attached hydrogen (secondary N) is 3. The van der Waals surface area contributed by atoms with Crippen molar-refractivity contribution < 1.29 is 9.59 Å². The van der Waals surface area contributed by atoms with E-state index < -0.39 is 0 Å². The lowest BCUT2D eigenvalue weighted by molar-refractivity contribution is -0.115. The smallest absolute Gasteiger partial charge is 0.315 e. The van der Waals surface area contributed by atoms with E-state index in [0.29, 0.717) is 12.2 Å². The summed E-state index contributed by atoms with van der Waals surface area (Å²) in [7, 11) is 0. The van der Waals surface area contributed by atoms with Crippen LogP contribution in [0.3, 0.4) is 0 Å². The van der Waals surface area contributed by atoms with Gasteiger partial charge < -0.3 is 20.9 Å². The van der Waals surface area contributed by atoms with E-state index in [2.05, 4.69) is 31.9 Å². The standard InChI is InChI=1S/C24H27N5O2/c30-23(17-27-24(31)26-15-18-7-3-1-4-8-18)28-21-9-10-22(29-13-5-2-6-14-29)19-11-12-25-16-20(19)21/h1,3-4,7-12,16H,2,5-6,13-15,17H2,(H,28,30)(H2,26,27,31). The first kappa shape index (κ1) is 20.7. The number of benzene rings is 2. The molecule has 1 aromatic heterocycles. The number of pyridine rings is 1. The first-order valence-corrected chi connectivity index (χ1v) is 10.7. The third-order valence-electron chi connectivity index (χ3n) is 5.47. The highest BCUT2D eigenvalue weighted by atomic mass is 16.2. The summed E-state index contributed by atoms with van der Waals surface area (Å²) in [5, 5.41) is 10.2. The number of rotatable bonds is 6. The van der Waals surface area contributed by atoms with Gasteiger partial charge in [-0.2, -0.15) is 0 Å². The fraction of sp³-hybridized carbons (Fsp3) is 0.292. The Morgan fingerprint density at radius 1 is 0.903 bits per heavy atom. The molecular weight excluding hydrogens is 390 g/mol. The van der Waals surface area contributed by atoms with Gasteiger partial charge in [0.1, 0.15) is 0 Å². The second kappa shape index (κ2) is 9.93. The number of hydrogen-bond donors (Lipinski definition) is 3. The minimum atomic E-state index is -0.383. The number of nitrogens with zero attached hydrogens (tertiary/aromatic N) is 2. The van der Waals surface area contributed by atoms with Crippen molar-refractivity contribution >= 4 is 34.1 Å². The quantitative estimate of drug-likeness (QED) is 0.571. The fourth-order valence-electron chi connectivity index (χ4n) is 3.89. The lowest BCUT2D eigenvalue weighted by Gasteiger charge is -2.30. The van der Waals surface area contributed by atoms with Crippen LogP contribution in [0.25, 0.3) is 10.8 Å². The Morgan fingerprint density at radius 2 is 1.71 bits per heavy atom. The number of aromatic nitrogens is 1. The maximum Gasteiger partial charge on any atom is 0.315 e. The number of anilines is 2. The maximum absolute atomic E-state index is 12.4. The Kier molecular flexibility index (Phi) is 6.62. The zero-order valence-electron chi connectivity index (χ0n) is 17.4. The summed E-state index contributed by atoms with van der Waals surface area (Å²) in [6, 6.07) is 15.2. The number of hydrogen-bond acceptors (Lipinski definition) is 4. The monoisotopic (exact) mass is 417 g/mol. The lowest BCUT2D eigenvalue weighted by Crippen LogP contribution is -2.39. The Hall–Kier alpha value is -3.61. The third kappa shape index (κ3) is 5.31. The Bertz CT molecular complexity index is 1050. The zero-order valence-corrected chi connectivity index (χ0v) is 17.4. The number of carbonyl (C=O) groups excluding carboxylic acids is 2. The van der Waals surface area contributed by atoms with Crippen LogP contribution in [-0.2, 0) is 11.3 Å². The molecule has 0 bridgehead atoms. The van der Waals surface area contributed by atoms with Gasteiger partial charge in [0.25, 0.3) is 0 Å². The highest BCUT2D eigenvalue weighted by Gasteiger charge is 2.16. The van der Waals surface area contributed by atoms with Crippen molar-refractivity contribution in [2.75, 3.05) is 29.9 Å². The van der Waals surface area contributed by atoms with E-state index >= 15 is 0 Å². The van der Waals surface area contributed by atoms with Crippen LogP contribution < -0.4 is 20.9 Å². The van der Waals surface area contributed by atoms with Gasteiger partial charge in [0.2, 0.25) is 5.91 Å². The number of urea groups is 1. The molecule has 1 aliphatic heterocycles. The summed E-state index contributed by atoms with van der Waals surface area (Å²) in [5.41, 5.74) is 2.86. The highest BCUT2D eigenvalue weighted by molar-refractivity contribution is 6.07. The SMILES string of the molecule is O=C(CNC(=O)NCc1ccccc1)Nc1ccc(N2CCCCC2)c2ccncc12. The van der Waals surface area contributed by atoms with Gasteiger partial charge in [-0.15, -0.1) is 0 Å². The van der Waals surface area contributed by atoms with Gasteiger partial charge in [-0.25, -0.2) is 4.79 Å². The number of piperidine rings is 1. The molecule has 0 spiro atoms. The predicted molar refractivity (Wildman–Crippen MR) is 123 cm³/mol. The van der Waals surface area contributed by atoms with Gasteiger partial charge >= 0.3 is 6.03 Å². The molecule has 7 nitrogen and oxygen atoms in total. The van der Waals surface area contributed by atoms with Gasteiger partial charge in [-0.05, 0) is 43.0 Å². The van der Waals surface area contributed by atoms with Crippen molar-refractivity contribution in [2.45, 2.75) is 25.8 Å². The van der Waals surface area contributed by atoms with E-state index in [4.69, 9.17) is 0 Å². The van der Waals surface area contributed by atoms with Gasteiger partial charge in [0, 0.05) is 48.5 Å². The summed E-state index contributed by atoms with van der Waals surface area (Å²) < 4.78 is 0. The number of amides is 3. The predicted octanol–water partition coefficient (Wildman–Crippen LogP) is 3.66. The highest BCUT2D eigenvalue weighted by Crippen LogP contribution is 2.33. The molecular formula is C24H27N5O2. The first-order valence-electron chi connectivity index (χ1n) is 10.7. The molecule has 7 heteroatoms. The van der Waals surface area contributed by atoms with Crippen LogP contribution in [0.1, 0.15) is 24.8 Å². The van der Waals surface area contributed by atoms with Gasteiger partial charge in [0.15, 0.2) is 0 Å². The first-order chi connectivity index (χ1) is 15.2. The second-order valence-electron chi connectivity index (χ2n) is 7.67. The molecule has 2 aromatic carbocycles. The normalized spacial score (nSPS) is 13.6. The lowest BCUT2D eigenvalue weighted by atomic mass is 10.1. The summed E-state index contributed by atoms with van der Waals surface area (Å²) >= 11 is 0. The fourth-order valence-corrected chi connectivity index (χ4v) is 3.89. The molecule has 0 unspecified atom stereocenters. The maximum atomic E-state index is 12.4. The Balaban J connectivity index is 1.37. The summed E-state index contributed by atoms with van der Waals surface area (Å²) in [4.78, 5) is 31.1. The zero-order chi connectivity index (χ0) is 21.5. The van der Waals surface area contributed by atoms with Crippen LogP contribution >= 0.6 is 0 Å². The van der Waals surface area contributed by atoms with Gasteiger partial charge in [0.05, 0.1) is 12.2 Å². The van der Waals surface area contributed by atoms with E-state index in [1.165, 1.54) is 24.9 Å². The molecule has 160 valence electrons. The van der Waals surface area contributed by atoms with Crippen molar-refractivity contribution in [1.29, 1.82) is 0 Å². The third-order valence-corrected chi connectivity index (χ3v) is 5.47. The molecule has 3 aromatic rings. The molecule has 31 heavy (non-hydrogen) atoms. The molecule has 1 saturated heterocycles. The van der Waals surface area contributed by atoms with Crippen LogP contribution in [0.5, 0.6) is 0 Å². The minimum absolute atomic E-state index is 0.115. The van der Waals surface area contributed by atoms with E-state index in [1.807, 2.05) is 42.5 Å². The molecule has 0 saturated carbocycles. The second-order valence-corrected chi connectivity index (χ2v) is 7.67. The molecule has 3 amide bonds. The van der Waals surface area contributed by atoms with E-state index in [1.54, 1.807) is 12.4 Å². The minimum Gasteiger partial charge on any atom is -0.371 e. The van der Waals surface area contributed by atoms with E-state index in [0.717, 1.165) is 29.4 Å². The van der Waals surface area contributed by atoms with Crippen LogP contribution in [0.4, 0.5) is 16.2 Å². The Morgan fingerprint density at radius 3 is 2.52 bits per heavy atom. The van der Waals surface area contributed by atoms with Gasteiger partial charge in [-0.3, -0.25) is 9.78 Å². The molecule has 1 aliphatic rings. The molecule has 0 radical (unpaired) electrons. The van der Waals surface area contributed by atoms with Crippen molar-refractivity contribution in [1.82, 2.24) is 15.6 Å². The summed E-state index contributed by atoms with van der Waals surface area (Å²) in [6.07, 6.45) is 7.22. The summed E-state index contributed by atoms with van der Waals surface area (Å²) in [6.45, 7) is 2.38. The van der Waals surface area contributed by atoms with Crippen LogP contribution in [0, 0.1) is 0 Å². The molecule has 4 rings (SSSR count). The van der Waals surface area contributed by atoms with Crippen LogP contribution in [0.15, 0.2) is 60.9 Å². The van der Waals surface area contributed by atoms with E-state index in [-0.39, 0.29) is 18.5 Å². The molecule has 1 fully saturated rings. The van der Waals surface area contributed by atoms with Crippen LogP contribution in [0.2, 0.25) is 0 Å². The van der Waals surface area contributed by atoms with Gasteiger partial charge in [-0.1, -0.05) is 30.3 Å². The Labute approximate surface area is 181 Å². The van der Waals surface area contributed by atoms with E-state index in [9.17, 15) is 9.59 Å². The van der Waals surface area contributed by atoms with Crippen molar-refractivity contribution in [3.05, 3.63) is 66.5 Å². The largest absolute Gasteiger partial charge is 0.371 e. The summed E-state index contributed by atoms with van der Waals surface area (Å²) in [5.74, 6) is -0.286. The van der Waals surface area contributed by atoms with Crippen molar-refractivity contribution in [3.63, 3.8) is 0 Å². The molecule has 0 aliphatic carbocycles. The van der Waals surface area contributed by atoms with Crippen molar-refractivity contribution in [3.8, 4) is 0 Å². The topological polar surface area (TPSA) is 86.4 Å². The molecule has 2 heterocycles. The number of carbonyl (C=O) groups is 2. The van der Waals surface area contributed by atoms with Crippen LogP contribution in [-0.4, -0.2) is 36.6 Å². The molecule has 0 atom stereocenters. The average Bonchev–Trinajstić information content (AvgIpc) is 2.83. The average molecular weight is 418 g/mol. The molecule has 3 N–H and O–H groups in total. The number of fused-ring (bicyclic) bond motifs is 1.